The molecule has 3 aromatic carbocycles. The fourth-order valence-electron chi connectivity index (χ4n) is 5.75. The van der Waals surface area contributed by atoms with E-state index in [1.165, 1.54) is 10.9 Å². The Labute approximate surface area is 270 Å². The number of methoxy groups -OCH3 is 2. The van der Waals surface area contributed by atoms with E-state index in [0.717, 1.165) is 16.7 Å². The van der Waals surface area contributed by atoms with Gasteiger partial charge in [-0.05, 0) is 41.0 Å². The molecule has 3 heterocycles. The standard InChI is InChI=1S/C35H36FN5O6/c1-21(2)32(42)39-34-38-31-30(33(43)40-34)37-20-41(31)29-18-27(36)28(47-29)19-46-35(22-8-6-5-7-9-22,23-10-14-25(44-3)15-11-23)24-12-16-26(45-4)17-13-24/h5-17,20-21,27-29H,18-19H2,1-4H3,(H2,38,39,40,42,43)/t27-,28+,29+/m0/s1. The molecule has 2 N–H and O–H groups in total. The summed E-state index contributed by atoms with van der Waals surface area (Å²) < 4.78 is 41.3. The van der Waals surface area contributed by atoms with E-state index in [1.54, 1.807) is 28.1 Å². The second kappa shape index (κ2) is 13.3. The molecular formula is C35H36FN5O6. The Balaban J connectivity index is 1.33. The van der Waals surface area contributed by atoms with Crippen LogP contribution in [0.5, 0.6) is 11.5 Å². The topological polar surface area (TPSA) is 130 Å². The Bertz CT molecular complexity index is 1840. The third-order valence-corrected chi connectivity index (χ3v) is 8.31. The van der Waals surface area contributed by atoms with E-state index in [-0.39, 0.29) is 42.0 Å². The first-order valence-corrected chi connectivity index (χ1v) is 15.3. The zero-order valence-corrected chi connectivity index (χ0v) is 26.5. The average Bonchev–Trinajstić information content (AvgIpc) is 3.69. The summed E-state index contributed by atoms with van der Waals surface area (Å²) in [5.41, 5.74) is 0.977. The predicted molar refractivity (Wildman–Crippen MR) is 173 cm³/mol. The molecule has 0 bridgehead atoms. The van der Waals surface area contributed by atoms with Gasteiger partial charge in [0.05, 0.1) is 27.2 Å². The van der Waals surface area contributed by atoms with Crippen LogP contribution in [0.4, 0.5) is 10.3 Å². The highest BCUT2D eigenvalue weighted by Gasteiger charge is 2.43. The number of carbonyl (C=O) groups is 1. The van der Waals surface area contributed by atoms with Gasteiger partial charge in [-0.25, -0.2) is 9.37 Å². The molecule has 5 aromatic rings. The first kappa shape index (κ1) is 31.9. The smallest absolute Gasteiger partial charge is 0.280 e. The highest BCUT2D eigenvalue weighted by atomic mass is 19.1. The summed E-state index contributed by atoms with van der Waals surface area (Å²) in [5, 5.41) is 2.60. The summed E-state index contributed by atoms with van der Waals surface area (Å²) in [6.45, 7) is 3.34. The molecule has 3 atom stereocenters. The van der Waals surface area contributed by atoms with Gasteiger partial charge >= 0.3 is 0 Å². The number of carbonyl (C=O) groups excluding carboxylic acids is 1. The molecule has 11 nitrogen and oxygen atoms in total. The van der Waals surface area contributed by atoms with E-state index in [1.807, 2.05) is 78.9 Å². The number of aromatic amines is 1. The van der Waals surface area contributed by atoms with Gasteiger partial charge in [-0.2, -0.15) is 4.98 Å². The zero-order chi connectivity index (χ0) is 33.1. The molecule has 1 aliphatic rings. The largest absolute Gasteiger partial charge is 0.497 e. The van der Waals surface area contributed by atoms with E-state index in [0.29, 0.717) is 11.5 Å². The van der Waals surface area contributed by atoms with Crippen LogP contribution in [0.25, 0.3) is 11.2 Å². The number of imidazole rings is 1. The summed E-state index contributed by atoms with van der Waals surface area (Å²) in [6.07, 6.45) is -1.81. The second-order valence-electron chi connectivity index (χ2n) is 11.6. The van der Waals surface area contributed by atoms with E-state index >= 15 is 4.39 Å². The molecular weight excluding hydrogens is 605 g/mol. The molecule has 244 valence electrons. The van der Waals surface area contributed by atoms with Gasteiger partial charge in [-0.15, -0.1) is 0 Å². The highest BCUT2D eigenvalue weighted by molar-refractivity contribution is 5.91. The molecule has 2 aromatic heterocycles. The van der Waals surface area contributed by atoms with Crippen LogP contribution in [-0.2, 0) is 19.9 Å². The van der Waals surface area contributed by atoms with Crippen molar-refractivity contribution in [1.29, 1.82) is 0 Å². The van der Waals surface area contributed by atoms with Crippen molar-refractivity contribution in [2.24, 2.45) is 5.92 Å². The third-order valence-electron chi connectivity index (χ3n) is 8.31. The molecule has 12 heteroatoms. The van der Waals surface area contributed by atoms with Gasteiger partial charge in [0.2, 0.25) is 11.9 Å². The van der Waals surface area contributed by atoms with Crippen molar-refractivity contribution in [3.63, 3.8) is 0 Å². The van der Waals surface area contributed by atoms with E-state index in [9.17, 15) is 9.59 Å². The molecule has 1 fully saturated rings. The number of ether oxygens (including phenoxy) is 4. The molecule has 1 amide bonds. The van der Waals surface area contributed by atoms with Crippen LogP contribution in [0.15, 0.2) is 90.0 Å². The fourth-order valence-corrected chi connectivity index (χ4v) is 5.75. The maximum absolute atomic E-state index is 15.8. The van der Waals surface area contributed by atoms with Crippen molar-refractivity contribution in [3.8, 4) is 11.5 Å². The number of amides is 1. The summed E-state index contributed by atoms with van der Waals surface area (Å²) in [7, 11) is 3.21. The minimum Gasteiger partial charge on any atom is -0.497 e. The summed E-state index contributed by atoms with van der Waals surface area (Å²) in [6, 6.07) is 24.9. The molecule has 1 aliphatic heterocycles. The van der Waals surface area contributed by atoms with Crippen molar-refractivity contribution in [3.05, 3.63) is 112 Å². The molecule has 6 rings (SSSR count). The molecule has 47 heavy (non-hydrogen) atoms. The number of rotatable bonds is 11. The number of aromatic nitrogens is 4. The maximum Gasteiger partial charge on any atom is 0.280 e. The predicted octanol–water partition coefficient (Wildman–Crippen LogP) is 5.37. The van der Waals surface area contributed by atoms with Crippen LogP contribution < -0.4 is 20.3 Å². The van der Waals surface area contributed by atoms with Crippen LogP contribution in [0, 0.1) is 5.92 Å². The van der Waals surface area contributed by atoms with Crippen LogP contribution in [0.3, 0.4) is 0 Å². The molecule has 1 saturated heterocycles. The number of halogens is 1. The lowest BCUT2D eigenvalue weighted by Crippen LogP contribution is -2.37. The lowest BCUT2D eigenvalue weighted by molar-refractivity contribution is -0.118. The maximum atomic E-state index is 15.8. The number of H-pyrrole nitrogens is 1. The number of alkyl halides is 1. The van der Waals surface area contributed by atoms with Crippen LogP contribution in [0.2, 0.25) is 0 Å². The molecule has 0 aliphatic carbocycles. The normalized spacial score (nSPS) is 18.0. The summed E-state index contributed by atoms with van der Waals surface area (Å²) >= 11 is 0. The van der Waals surface area contributed by atoms with Crippen LogP contribution in [-0.4, -0.2) is 58.5 Å². The minimum atomic E-state index is -1.40. The van der Waals surface area contributed by atoms with Gasteiger partial charge in [-0.3, -0.25) is 24.5 Å². The van der Waals surface area contributed by atoms with Crippen molar-refractivity contribution in [2.75, 3.05) is 26.1 Å². The number of benzene rings is 3. The average molecular weight is 642 g/mol. The Kier molecular flexibility index (Phi) is 9.06. The quantitative estimate of drug-likeness (QED) is 0.184. The molecule has 0 unspecified atom stereocenters. The number of hydrogen-bond donors (Lipinski definition) is 2. The van der Waals surface area contributed by atoms with E-state index < -0.39 is 29.7 Å². The van der Waals surface area contributed by atoms with Crippen molar-refractivity contribution in [1.82, 2.24) is 19.5 Å². The van der Waals surface area contributed by atoms with Crippen molar-refractivity contribution >= 4 is 23.0 Å². The second-order valence-corrected chi connectivity index (χ2v) is 11.6. The van der Waals surface area contributed by atoms with Crippen LogP contribution in [0.1, 0.15) is 43.2 Å². The van der Waals surface area contributed by atoms with E-state index in [2.05, 4.69) is 20.3 Å². The third kappa shape index (κ3) is 6.21. The lowest BCUT2D eigenvalue weighted by atomic mass is 9.80. The number of nitrogens with one attached hydrogen (secondary N) is 2. The molecule has 0 saturated carbocycles. The van der Waals surface area contributed by atoms with Crippen molar-refractivity contribution < 1.29 is 28.1 Å². The number of hydrogen-bond acceptors (Lipinski definition) is 8. The Morgan fingerprint density at radius 1 is 1.00 bits per heavy atom. The monoisotopic (exact) mass is 641 g/mol. The number of anilines is 1. The van der Waals surface area contributed by atoms with Gasteiger partial charge in [0.25, 0.3) is 5.56 Å². The van der Waals surface area contributed by atoms with Gasteiger partial charge in [-0.1, -0.05) is 68.4 Å². The number of fused-ring (bicyclic) bond motifs is 1. The Hall–Kier alpha value is -5.07. The molecule has 0 spiro atoms. The summed E-state index contributed by atoms with van der Waals surface area (Å²) in [5.74, 6) is 0.703. The van der Waals surface area contributed by atoms with Gasteiger partial charge < -0.3 is 18.9 Å². The summed E-state index contributed by atoms with van der Waals surface area (Å²) in [4.78, 5) is 36.1. The Morgan fingerprint density at radius 2 is 1.60 bits per heavy atom. The first-order chi connectivity index (χ1) is 22.7. The minimum absolute atomic E-state index is 0.0228. The lowest BCUT2D eigenvalue weighted by Gasteiger charge is -2.37. The first-order valence-electron chi connectivity index (χ1n) is 15.3. The SMILES string of the molecule is COc1ccc(C(OC[C@H]2O[C@@H](n3cnc4c(=O)[nH]c(NC(=O)C(C)C)nc43)C[C@@H]2F)(c2ccccc2)c2ccc(OC)cc2)cc1. The van der Waals surface area contributed by atoms with Gasteiger partial charge in [0, 0.05) is 12.3 Å². The number of nitrogens with zero attached hydrogens (tertiary/aromatic N) is 3. The van der Waals surface area contributed by atoms with Crippen LogP contribution >= 0.6 is 0 Å². The fraction of sp³-hybridized carbons (Fsp3) is 0.314. The Morgan fingerprint density at radius 3 is 2.17 bits per heavy atom. The van der Waals surface area contributed by atoms with Gasteiger partial charge in [0.15, 0.2) is 11.2 Å². The van der Waals surface area contributed by atoms with Gasteiger partial charge in [0.1, 0.15) is 35.6 Å². The molecule has 0 radical (unpaired) electrons. The van der Waals surface area contributed by atoms with Crippen molar-refractivity contribution in [2.45, 2.75) is 44.4 Å². The van der Waals surface area contributed by atoms with E-state index in [4.69, 9.17) is 18.9 Å². The highest BCUT2D eigenvalue weighted by Crippen LogP contribution is 2.43. The zero-order valence-electron chi connectivity index (χ0n) is 26.5.